The molecule has 0 fully saturated rings. The van der Waals surface area contributed by atoms with Gasteiger partial charge in [0, 0.05) is 44.1 Å². The van der Waals surface area contributed by atoms with E-state index in [1.165, 1.54) is 37.0 Å². The van der Waals surface area contributed by atoms with Crippen LogP contribution in [-0.4, -0.2) is 36.4 Å². The quantitative estimate of drug-likeness (QED) is 0.723. The van der Waals surface area contributed by atoms with Crippen molar-refractivity contribution in [3.8, 4) is 0 Å². The first-order valence-corrected chi connectivity index (χ1v) is 8.77. The Morgan fingerprint density at radius 3 is 2.62 bits per heavy atom. The van der Waals surface area contributed by atoms with Gasteiger partial charge in [-0.05, 0) is 29.1 Å². The molecule has 2 aromatic heterocycles. The Morgan fingerprint density at radius 2 is 1.88 bits per heavy atom. The number of nitrogens with zero attached hydrogens (tertiary/aromatic N) is 3. The molecule has 3 aromatic rings. The molecule has 6 nitrogen and oxygen atoms in total. The van der Waals surface area contributed by atoms with Crippen LogP contribution >= 0.6 is 0 Å². The van der Waals surface area contributed by atoms with Crippen LogP contribution in [-0.2, 0) is 16.6 Å². The van der Waals surface area contributed by atoms with E-state index in [0.29, 0.717) is 6.54 Å². The average molecular weight is 343 g/mol. The third-order valence-electron chi connectivity index (χ3n) is 3.79. The van der Waals surface area contributed by atoms with Crippen LogP contribution in [0.4, 0.5) is 0 Å². The van der Waals surface area contributed by atoms with Crippen molar-refractivity contribution in [2.45, 2.75) is 11.4 Å². The molecule has 7 heteroatoms. The number of hydrogen-bond acceptors (Lipinski definition) is 4. The highest BCUT2D eigenvalue weighted by Crippen LogP contribution is 2.16. The van der Waals surface area contributed by atoms with E-state index in [1.807, 2.05) is 24.3 Å². The van der Waals surface area contributed by atoms with Gasteiger partial charge in [-0.1, -0.05) is 12.1 Å². The highest BCUT2D eigenvalue weighted by atomic mass is 32.2. The van der Waals surface area contributed by atoms with Crippen molar-refractivity contribution in [1.29, 1.82) is 0 Å². The highest BCUT2D eigenvalue weighted by Gasteiger charge is 2.18. The van der Waals surface area contributed by atoms with E-state index in [0.717, 1.165) is 20.6 Å². The molecule has 0 spiro atoms. The zero-order valence-electron chi connectivity index (χ0n) is 13.4. The summed E-state index contributed by atoms with van der Waals surface area (Å²) < 4.78 is 27.0. The van der Waals surface area contributed by atoms with Gasteiger partial charge in [-0.3, -0.25) is 9.78 Å². The van der Waals surface area contributed by atoms with Crippen molar-refractivity contribution in [2.24, 2.45) is 0 Å². The summed E-state index contributed by atoms with van der Waals surface area (Å²) in [5.41, 5.74) is 0.649. The fourth-order valence-electron chi connectivity index (χ4n) is 2.43. The lowest BCUT2D eigenvalue weighted by Gasteiger charge is -2.13. The molecule has 0 saturated carbocycles. The Morgan fingerprint density at radius 1 is 1.08 bits per heavy atom. The largest absolute Gasteiger partial charge is 0.310 e. The van der Waals surface area contributed by atoms with E-state index in [2.05, 4.69) is 4.98 Å². The number of fused-ring (bicyclic) bond motifs is 1. The van der Waals surface area contributed by atoms with Crippen molar-refractivity contribution in [1.82, 2.24) is 13.9 Å². The van der Waals surface area contributed by atoms with Crippen LogP contribution < -0.4 is 5.56 Å². The summed E-state index contributed by atoms with van der Waals surface area (Å²) in [6.07, 6.45) is 4.86. The second kappa shape index (κ2) is 6.18. The molecule has 0 amide bonds. The predicted octanol–water partition coefficient (Wildman–Crippen LogP) is 1.70. The Bertz CT molecular complexity index is 1060. The molecule has 0 atom stereocenters. The molecule has 0 radical (unpaired) electrons. The molecular weight excluding hydrogens is 326 g/mol. The van der Waals surface area contributed by atoms with Crippen LogP contribution in [0.3, 0.4) is 0 Å². The summed E-state index contributed by atoms with van der Waals surface area (Å²) in [6.45, 7) is 0.292. The minimum atomic E-state index is -3.58. The lowest BCUT2D eigenvalue weighted by Crippen LogP contribution is -2.26. The van der Waals surface area contributed by atoms with E-state index in [1.54, 1.807) is 12.4 Å². The standard InChI is InChI=1S/C17H17N3O3S/c1-19(2)24(22,23)16-5-6-17(21)20(12-16)11-13-3-4-14-7-8-18-10-15(14)9-13/h3-10,12H,11H2,1-2H3. The second-order valence-corrected chi connectivity index (χ2v) is 7.83. The molecule has 0 saturated heterocycles. The maximum absolute atomic E-state index is 12.2. The fraction of sp³-hybridized carbons (Fsp3) is 0.176. The van der Waals surface area contributed by atoms with E-state index in [9.17, 15) is 13.2 Å². The molecule has 3 rings (SSSR count). The van der Waals surface area contributed by atoms with Gasteiger partial charge in [-0.2, -0.15) is 0 Å². The zero-order chi connectivity index (χ0) is 17.3. The average Bonchev–Trinajstić information content (AvgIpc) is 2.56. The summed E-state index contributed by atoms with van der Waals surface area (Å²) >= 11 is 0. The van der Waals surface area contributed by atoms with Crippen LogP contribution in [0, 0.1) is 0 Å². The topological polar surface area (TPSA) is 72.3 Å². The van der Waals surface area contributed by atoms with E-state index < -0.39 is 10.0 Å². The zero-order valence-corrected chi connectivity index (χ0v) is 14.2. The molecule has 124 valence electrons. The molecule has 0 bridgehead atoms. The summed E-state index contributed by atoms with van der Waals surface area (Å²) in [6, 6.07) is 10.3. The molecule has 0 aliphatic carbocycles. The minimum Gasteiger partial charge on any atom is -0.310 e. The Hall–Kier alpha value is -2.51. The summed E-state index contributed by atoms with van der Waals surface area (Å²) in [4.78, 5) is 16.3. The monoisotopic (exact) mass is 343 g/mol. The molecule has 0 N–H and O–H groups in total. The predicted molar refractivity (Wildman–Crippen MR) is 92.4 cm³/mol. The number of pyridine rings is 2. The van der Waals surface area contributed by atoms with Gasteiger partial charge in [0.05, 0.1) is 11.4 Å². The number of benzene rings is 1. The van der Waals surface area contributed by atoms with Gasteiger partial charge >= 0.3 is 0 Å². The maximum atomic E-state index is 12.2. The molecule has 24 heavy (non-hydrogen) atoms. The molecular formula is C17H17N3O3S. The van der Waals surface area contributed by atoms with Gasteiger partial charge in [0.2, 0.25) is 10.0 Å². The lowest BCUT2D eigenvalue weighted by molar-refractivity contribution is 0.519. The Balaban J connectivity index is 2.01. The third-order valence-corrected chi connectivity index (χ3v) is 5.59. The summed E-state index contributed by atoms with van der Waals surface area (Å²) in [5, 5.41) is 2.03. The van der Waals surface area contributed by atoms with Crippen LogP contribution in [0.5, 0.6) is 0 Å². The highest BCUT2D eigenvalue weighted by molar-refractivity contribution is 7.89. The van der Waals surface area contributed by atoms with E-state index in [4.69, 9.17) is 0 Å². The maximum Gasteiger partial charge on any atom is 0.250 e. The second-order valence-electron chi connectivity index (χ2n) is 5.68. The fourth-order valence-corrected chi connectivity index (χ4v) is 3.35. The van der Waals surface area contributed by atoms with Crippen LogP contribution in [0.15, 0.2) is 64.7 Å². The SMILES string of the molecule is CN(C)S(=O)(=O)c1ccc(=O)n(Cc2ccc3ccncc3c2)c1. The normalized spacial score (nSPS) is 12.0. The summed E-state index contributed by atoms with van der Waals surface area (Å²) in [5.74, 6) is 0. The van der Waals surface area contributed by atoms with Gasteiger partial charge in [0.15, 0.2) is 0 Å². The van der Waals surface area contributed by atoms with Crippen molar-refractivity contribution in [2.75, 3.05) is 14.1 Å². The van der Waals surface area contributed by atoms with Crippen molar-refractivity contribution in [3.63, 3.8) is 0 Å². The third kappa shape index (κ3) is 3.08. The van der Waals surface area contributed by atoms with E-state index in [-0.39, 0.29) is 10.5 Å². The number of rotatable bonds is 4. The van der Waals surface area contributed by atoms with Gasteiger partial charge in [0.1, 0.15) is 0 Å². The molecule has 1 aromatic carbocycles. The smallest absolute Gasteiger partial charge is 0.250 e. The lowest BCUT2D eigenvalue weighted by atomic mass is 10.1. The molecule has 2 heterocycles. The van der Waals surface area contributed by atoms with Gasteiger partial charge in [-0.25, -0.2) is 12.7 Å². The molecule has 0 aliphatic rings. The van der Waals surface area contributed by atoms with Crippen LogP contribution in [0.1, 0.15) is 5.56 Å². The molecule has 0 unspecified atom stereocenters. The van der Waals surface area contributed by atoms with Crippen LogP contribution in [0.2, 0.25) is 0 Å². The van der Waals surface area contributed by atoms with Crippen molar-refractivity contribution in [3.05, 3.63) is 70.9 Å². The first-order valence-electron chi connectivity index (χ1n) is 7.33. The van der Waals surface area contributed by atoms with Crippen molar-refractivity contribution < 1.29 is 8.42 Å². The number of aromatic nitrogens is 2. The number of sulfonamides is 1. The summed E-state index contributed by atoms with van der Waals surface area (Å²) in [7, 11) is -0.661. The Labute approximate surface area is 140 Å². The van der Waals surface area contributed by atoms with E-state index >= 15 is 0 Å². The molecule has 0 aliphatic heterocycles. The first kappa shape index (κ1) is 16.4. The van der Waals surface area contributed by atoms with Gasteiger partial charge in [-0.15, -0.1) is 0 Å². The van der Waals surface area contributed by atoms with Crippen LogP contribution in [0.25, 0.3) is 10.8 Å². The Kier molecular flexibility index (Phi) is 4.21. The minimum absolute atomic E-state index is 0.0922. The van der Waals surface area contributed by atoms with Gasteiger partial charge in [0.25, 0.3) is 5.56 Å². The first-order chi connectivity index (χ1) is 11.4. The number of hydrogen-bond donors (Lipinski definition) is 0. The van der Waals surface area contributed by atoms with Crippen molar-refractivity contribution >= 4 is 20.8 Å². The van der Waals surface area contributed by atoms with Gasteiger partial charge < -0.3 is 4.57 Å².